The fourth-order valence-corrected chi connectivity index (χ4v) is 4.82. The van der Waals surface area contributed by atoms with Crippen LogP contribution in [0.1, 0.15) is 41.9 Å². The smallest absolute Gasteiger partial charge is 0.226 e. The summed E-state index contributed by atoms with van der Waals surface area (Å²) in [4.78, 5) is 18.1. The number of rotatable bonds is 2. The van der Waals surface area contributed by atoms with E-state index >= 15 is 0 Å². The molecule has 0 unspecified atom stereocenters. The second-order valence-corrected chi connectivity index (χ2v) is 7.96. The summed E-state index contributed by atoms with van der Waals surface area (Å²) < 4.78 is 7.47. The van der Waals surface area contributed by atoms with Gasteiger partial charge < -0.3 is 9.73 Å². The van der Waals surface area contributed by atoms with Crippen LogP contribution in [0.2, 0.25) is 0 Å². The first-order chi connectivity index (χ1) is 14.7. The topological polar surface area (TPSA) is 73.0 Å². The molecule has 6 rings (SSSR count). The molecule has 0 spiro atoms. The number of aromatic nitrogens is 3. The molecular weight excluding hydrogens is 376 g/mol. The lowest BCUT2D eigenvalue weighted by Crippen LogP contribution is -2.33. The number of carbonyl (C=O) groups is 1. The second kappa shape index (κ2) is 6.42. The number of furan rings is 1. The SMILES string of the molecule is Cc1nc2n(n1)[C@@H](c1cccc3ccccc13)C1=C(C[C@@H](c3ccco3)CC1=O)N2. The molecular formula is C24H20N4O2. The molecule has 0 amide bonds. The fourth-order valence-electron chi connectivity index (χ4n) is 4.82. The Morgan fingerprint density at radius 2 is 1.93 bits per heavy atom. The molecule has 30 heavy (non-hydrogen) atoms. The van der Waals surface area contributed by atoms with E-state index in [4.69, 9.17) is 4.42 Å². The van der Waals surface area contributed by atoms with Crippen molar-refractivity contribution in [3.8, 4) is 0 Å². The van der Waals surface area contributed by atoms with Crippen LogP contribution in [0.4, 0.5) is 5.95 Å². The highest BCUT2D eigenvalue weighted by molar-refractivity contribution is 6.01. The standard InChI is InChI=1S/C24H20N4O2/c1-14-25-24-26-19-12-16(21-10-5-11-30-21)13-20(29)22(19)23(28(24)27-14)18-9-4-7-15-6-2-3-8-17(15)18/h2-11,16,23H,12-13H2,1H3,(H,25,26,27)/t16-,23+/m1/s1. The van der Waals surface area contributed by atoms with Crippen LogP contribution < -0.4 is 5.32 Å². The van der Waals surface area contributed by atoms with Crippen LogP contribution in [0.15, 0.2) is 76.5 Å². The summed E-state index contributed by atoms with van der Waals surface area (Å²) in [6.07, 6.45) is 2.80. The van der Waals surface area contributed by atoms with E-state index in [0.717, 1.165) is 33.4 Å². The molecule has 2 atom stereocenters. The first-order valence-electron chi connectivity index (χ1n) is 10.2. The van der Waals surface area contributed by atoms with Gasteiger partial charge in [0.15, 0.2) is 5.78 Å². The second-order valence-electron chi connectivity index (χ2n) is 7.96. The molecule has 2 aliphatic rings. The Morgan fingerprint density at radius 1 is 1.07 bits per heavy atom. The van der Waals surface area contributed by atoms with E-state index in [1.807, 2.05) is 41.9 Å². The van der Waals surface area contributed by atoms with Crippen LogP contribution in [-0.2, 0) is 4.79 Å². The van der Waals surface area contributed by atoms with Crippen molar-refractivity contribution in [3.63, 3.8) is 0 Å². The van der Waals surface area contributed by atoms with Gasteiger partial charge in [0.05, 0.1) is 6.26 Å². The number of anilines is 1. The van der Waals surface area contributed by atoms with Gasteiger partial charge in [-0.3, -0.25) is 4.79 Å². The lowest BCUT2D eigenvalue weighted by molar-refractivity contribution is -0.117. The number of aryl methyl sites for hydroxylation is 1. The quantitative estimate of drug-likeness (QED) is 0.529. The monoisotopic (exact) mass is 396 g/mol. The minimum Gasteiger partial charge on any atom is -0.469 e. The van der Waals surface area contributed by atoms with Gasteiger partial charge in [-0.05, 0) is 41.8 Å². The summed E-state index contributed by atoms with van der Waals surface area (Å²) in [5, 5.41) is 10.3. The predicted molar refractivity (Wildman–Crippen MR) is 113 cm³/mol. The van der Waals surface area contributed by atoms with Crippen molar-refractivity contribution in [3.05, 3.63) is 89.3 Å². The van der Waals surface area contributed by atoms with Gasteiger partial charge in [0.1, 0.15) is 17.6 Å². The van der Waals surface area contributed by atoms with Crippen molar-refractivity contribution >= 4 is 22.5 Å². The zero-order valence-corrected chi connectivity index (χ0v) is 16.5. The molecule has 148 valence electrons. The maximum Gasteiger partial charge on any atom is 0.226 e. The Morgan fingerprint density at radius 3 is 2.80 bits per heavy atom. The minimum absolute atomic E-state index is 0.0301. The van der Waals surface area contributed by atoms with E-state index in [0.29, 0.717) is 24.6 Å². The van der Waals surface area contributed by atoms with E-state index in [-0.39, 0.29) is 17.7 Å². The highest BCUT2D eigenvalue weighted by Crippen LogP contribution is 2.45. The van der Waals surface area contributed by atoms with Gasteiger partial charge in [0.25, 0.3) is 0 Å². The van der Waals surface area contributed by atoms with Gasteiger partial charge in [-0.25, -0.2) is 4.68 Å². The zero-order valence-electron chi connectivity index (χ0n) is 16.5. The van der Waals surface area contributed by atoms with Gasteiger partial charge in [-0.1, -0.05) is 42.5 Å². The summed E-state index contributed by atoms with van der Waals surface area (Å²) >= 11 is 0. The number of allylic oxidation sites excluding steroid dienone is 2. The summed E-state index contributed by atoms with van der Waals surface area (Å²) in [7, 11) is 0. The molecule has 3 heterocycles. The molecule has 6 nitrogen and oxygen atoms in total. The highest BCUT2D eigenvalue weighted by atomic mass is 16.3. The van der Waals surface area contributed by atoms with Gasteiger partial charge in [0.2, 0.25) is 5.95 Å². The molecule has 0 bridgehead atoms. The van der Waals surface area contributed by atoms with Crippen LogP contribution in [0.25, 0.3) is 10.8 Å². The summed E-state index contributed by atoms with van der Waals surface area (Å²) in [6.45, 7) is 1.87. The third kappa shape index (κ3) is 2.53. The first kappa shape index (κ1) is 17.2. The average molecular weight is 396 g/mol. The largest absolute Gasteiger partial charge is 0.469 e. The van der Waals surface area contributed by atoms with E-state index in [2.05, 4.69) is 39.7 Å². The highest BCUT2D eigenvalue weighted by Gasteiger charge is 2.40. The Bertz CT molecular complexity index is 1310. The number of nitrogens with one attached hydrogen (secondary N) is 1. The number of hydrogen-bond donors (Lipinski definition) is 1. The molecule has 1 aliphatic heterocycles. The van der Waals surface area contributed by atoms with E-state index < -0.39 is 0 Å². The Hall–Kier alpha value is -3.67. The number of ketones is 1. The maximum atomic E-state index is 13.5. The molecule has 1 N–H and O–H groups in total. The summed E-state index contributed by atoms with van der Waals surface area (Å²) in [5.41, 5.74) is 2.77. The molecule has 4 aromatic rings. The van der Waals surface area contributed by atoms with Crippen LogP contribution in [-0.4, -0.2) is 20.5 Å². The molecule has 2 aromatic heterocycles. The first-order valence-corrected chi connectivity index (χ1v) is 10.2. The minimum atomic E-state index is -0.298. The van der Waals surface area contributed by atoms with Gasteiger partial charge in [-0.2, -0.15) is 10.1 Å². The van der Waals surface area contributed by atoms with Crippen molar-refractivity contribution in [1.29, 1.82) is 0 Å². The third-order valence-electron chi connectivity index (χ3n) is 6.09. The van der Waals surface area contributed by atoms with Gasteiger partial charge in [0, 0.05) is 23.6 Å². The van der Waals surface area contributed by atoms with Crippen molar-refractivity contribution < 1.29 is 9.21 Å². The number of hydrogen-bond acceptors (Lipinski definition) is 5. The number of nitrogens with zero attached hydrogens (tertiary/aromatic N) is 3. The average Bonchev–Trinajstić information content (AvgIpc) is 3.41. The summed E-state index contributed by atoms with van der Waals surface area (Å²) in [5.74, 6) is 2.36. The van der Waals surface area contributed by atoms with E-state index in [9.17, 15) is 4.79 Å². The summed E-state index contributed by atoms with van der Waals surface area (Å²) in [6, 6.07) is 18.0. The number of benzene rings is 2. The van der Waals surface area contributed by atoms with Gasteiger partial charge in [-0.15, -0.1) is 0 Å². The molecule has 0 fully saturated rings. The normalized spacial score (nSPS) is 20.8. The zero-order chi connectivity index (χ0) is 20.2. The van der Waals surface area contributed by atoms with Crippen molar-refractivity contribution in [1.82, 2.24) is 14.8 Å². The van der Waals surface area contributed by atoms with Crippen LogP contribution in [0.3, 0.4) is 0 Å². The van der Waals surface area contributed by atoms with Crippen LogP contribution in [0, 0.1) is 6.92 Å². The predicted octanol–water partition coefficient (Wildman–Crippen LogP) is 4.75. The van der Waals surface area contributed by atoms with Gasteiger partial charge >= 0.3 is 0 Å². The third-order valence-corrected chi connectivity index (χ3v) is 6.09. The van der Waals surface area contributed by atoms with Crippen molar-refractivity contribution in [2.45, 2.75) is 31.7 Å². The molecule has 1 aliphatic carbocycles. The lowest BCUT2D eigenvalue weighted by atomic mass is 9.79. The van der Waals surface area contributed by atoms with E-state index in [1.165, 1.54) is 0 Å². The molecule has 6 heteroatoms. The number of Topliss-reactive ketones (excluding diaryl/α,β-unsaturated/α-hetero) is 1. The van der Waals surface area contributed by atoms with Crippen LogP contribution in [0.5, 0.6) is 0 Å². The Labute approximate surface area is 173 Å². The fraction of sp³-hybridized carbons (Fsp3) is 0.208. The molecule has 2 aromatic carbocycles. The van der Waals surface area contributed by atoms with Crippen LogP contribution >= 0.6 is 0 Å². The Balaban J connectivity index is 1.56. The van der Waals surface area contributed by atoms with E-state index in [1.54, 1.807) is 6.26 Å². The maximum absolute atomic E-state index is 13.5. The van der Waals surface area contributed by atoms with Crippen molar-refractivity contribution in [2.75, 3.05) is 5.32 Å². The molecule has 0 radical (unpaired) electrons. The molecule has 0 saturated heterocycles. The Kier molecular flexibility index (Phi) is 3.68. The molecule has 0 saturated carbocycles. The lowest BCUT2D eigenvalue weighted by Gasteiger charge is -2.34. The number of fused-ring (bicyclic) bond motifs is 2. The number of carbonyl (C=O) groups excluding carboxylic acids is 1. The van der Waals surface area contributed by atoms with Crippen molar-refractivity contribution in [2.24, 2.45) is 0 Å².